The quantitative estimate of drug-likeness (QED) is 0.440. The Kier molecular flexibility index (Phi) is 7.38. The number of carbonyl (C=O) groups excluding carboxylic acids is 2. The number of anilines is 2. The van der Waals surface area contributed by atoms with E-state index in [1.165, 1.54) is 13.0 Å². The van der Waals surface area contributed by atoms with Gasteiger partial charge in [0, 0.05) is 29.3 Å². The number of nitrogens with zero attached hydrogens (tertiary/aromatic N) is 2. The minimum atomic E-state index is -0.400. The van der Waals surface area contributed by atoms with Crippen molar-refractivity contribution in [3.8, 4) is 0 Å². The summed E-state index contributed by atoms with van der Waals surface area (Å²) in [7, 11) is 0. The molecule has 0 spiro atoms. The van der Waals surface area contributed by atoms with Crippen molar-refractivity contribution in [1.29, 1.82) is 0 Å². The Hall–Kier alpha value is -2.80. The van der Waals surface area contributed by atoms with Crippen molar-refractivity contribution in [2.75, 3.05) is 10.6 Å². The van der Waals surface area contributed by atoms with E-state index in [4.69, 9.17) is 34.8 Å². The zero-order valence-electron chi connectivity index (χ0n) is 16.7. The highest BCUT2D eigenvalue weighted by Crippen LogP contribution is 2.26. The maximum Gasteiger partial charge on any atom is 0.248 e. The average Bonchev–Trinajstić information content (AvgIpc) is 2.97. The van der Waals surface area contributed by atoms with E-state index in [2.05, 4.69) is 15.7 Å². The van der Waals surface area contributed by atoms with E-state index >= 15 is 0 Å². The Balaban J connectivity index is 1.73. The molecule has 31 heavy (non-hydrogen) atoms. The van der Waals surface area contributed by atoms with Gasteiger partial charge in [0.05, 0.1) is 22.9 Å². The van der Waals surface area contributed by atoms with Crippen LogP contribution in [0.4, 0.5) is 11.4 Å². The zero-order chi connectivity index (χ0) is 22.5. The Morgan fingerprint density at radius 2 is 1.77 bits per heavy atom. The summed E-state index contributed by atoms with van der Waals surface area (Å²) < 4.78 is 1.66. The number of hydrogen-bond donors (Lipinski definition) is 2. The predicted octanol–water partition coefficient (Wildman–Crippen LogP) is 5.81. The topological polar surface area (TPSA) is 76.0 Å². The van der Waals surface area contributed by atoms with Gasteiger partial charge in [0.1, 0.15) is 5.15 Å². The Morgan fingerprint density at radius 1 is 1.06 bits per heavy atom. The van der Waals surface area contributed by atoms with Crippen LogP contribution >= 0.6 is 34.8 Å². The second kappa shape index (κ2) is 10.0. The first kappa shape index (κ1) is 22.9. The fourth-order valence-corrected chi connectivity index (χ4v) is 3.45. The summed E-state index contributed by atoms with van der Waals surface area (Å²) in [6.45, 7) is 3.69. The van der Waals surface area contributed by atoms with Crippen LogP contribution in [0.1, 0.15) is 23.7 Å². The molecule has 9 heteroatoms. The third-order valence-corrected chi connectivity index (χ3v) is 5.28. The molecule has 6 nitrogen and oxygen atoms in total. The molecule has 3 rings (SSSR count). The molecule has 2 amide bonds. The number of nitrogens with one attached hydrogen (secondary N) is 2. The molecule has 0 radical (unpaired) electrons. The lowest BCUT2D eigenvalue weighted by Gasteiger charge is -2.08. The van der Waals surface area contributed by atoms with E-state index in [0.717, 1.165) is 5.56 Å². The second-order valence-electron chi connectivity index (χ2n) is 6.77. The monoisotopic (exact) mass is 476 g/mol. The fourth-order valence-electron chi connectivity index (χ4n) is 2.86. The van der Waals surface area contributed by atoms with Gasteiger partial charge in [0.25, 0.3) is 0 Å². The summed E-state index contributed by atoms with van der Waals surface area (Å²) in [5, 5.41) is 11.2. The Labute approximate surface area is 194 Å². The molecule has 1 aromatic heterocycles. The highest BCUT2D eigenvalue weighted by molar-refractivity contribution is 6.34. The van der Waals surface area contributed by atoms with E-state index in [0.29, 0.717) is 44.4 Å². The maximum atomic E-state index is 12.4. The largest absolute Gasteiger partial charge is 0.326 e. The molecule has 0 atom stereocenters. The molecular formula is C22H19Cl3N4O2. The van der Waals surface area contributed by atoms with E-state index in [1.54, 1.807) is 41.1 Å². The average molecular weight is 478 g/mol. The van der Waals surface area contributed by atoms with Crippen LogP contribution in [0.2, 0.25) is 15.2 Å². The number of hydrogen-bond acceptors (Lipinski definition) is 3. The van der Waals surface area contributed by atoms with Crippen LogP contribution in [0.5, 0.6) is 0 Å². The van der Waals surface area contributed by atoms with Crippen molar-refractivity contribution in [2.24, 2.45) is 0 Å². The summed E-state index contributed by atoms with van der Waals surface area (Å²) in [6, 6.07) is 12.2. The molecule has 0 aliphatic carbocycles. The zero-order valence-corrected chi connectivity index (χ0v) is 19.0. The van der Waals surface area contributed by atoms with Crippen LogP contribution in [-0.2, 0) is 16.1 Å². The Bertz CT molecular complexity index is 1150. The number of benzene rings is 2. The number of halogens is 3. The maximum absolute atomic E-state index is 12.4. The summed E-state index contributed by atoms with van der Waals surface area (Å²) in [5.74, 6) is -0.622. The van der Waals surface area contributed by atoms with Gasteiger partial charge < -0.3 is 10.6 Å². The van der Waals surface area contributed by atoms with Gasteiger partial charge in [-0.05, 0) is 48.9 Å². The summed E-state index contributed by atoms with van der Waals surface area (Å²) >= 11 is 18.5. The highest BCUT2D eigenvalue weighted by Gasteiger charge is 2.12. The first-order valence-electron chi connectivity index (χ1n) is 9.26. The van der Waals surface area contributed by atoms with Gasteiger partial charge in [0.2, 0.25) is 11.8 Å². The van der Waals surface area contributed by atoms with Crippen molar-refractivity contribution >= 4 is 64.1 Å². The highest BCUT2D eigenvalue weighted by atomic mass is 35.5. The molecule has 0 aliphatic rings. The molecule has 3 aromatic rings. The van der Waals surface area contributed by atoms with E-state index in [-0.39, 0.29) is 5.91 Å². The van der Waals surface area contributed by atoms with Crippen LogP contribution in [0.25, 0.3) is 6.08 Å². The fraction of sp³-hybridized carbons (Fsp3) is 0.136. The molecule has 0 saturated heterocycles. The molecule has 0 saturated carbocycles. The lowest BCUT2D eigenvalue weighted by atomic mass is 10.2. The Morgan fingerprint density at radius 3 is 2.45 bits per heavy atom. The summed E-state index contributed by atoms with van der Waals surface area (Å²) in [4.78, 5) is 23.6. The van der Waals surface area contributed by atoms with Crippen molar-refractivity contribution in [3.05, 3.63) is 80.6 Å². The van der Waals surface area contributed by atoms with Crippen molar-refractivity contribution in [2.45, 2.75) is 20.4 Å². The number of aromatic nitrogens is 2. The molecule has 0 fully saturated rings. The molecular weight excluding hydrogens is 459 g/mol. The predicted molar refractivity (Wildman–Crippen MR) is 126 cm³/mol. The van der Waals surface area contributed by atoms with Gasteiger partial charge in [-0.1, -0.05) is 46.9 Å². The SMILES string of the molecule is CC(=O)Nc1ccc(Cl)c(NC(=O)C=Cc2c(C)nn(Cc3ccc(Cl)cc3)c2Cl)c1. The minimum Gasteiger partial charge on any atom is -0.326 e. The van der Waals surface area contributed by atoms with E-state index in [1.807, 2.05) is 19.1 Å². The molecule has 0 unspecified atom stereocenters. The van der Waals surface area contributed by atoms with Crippen LogP contribution < -0.4 is 10.6 Å². The lowest BCUT2D eigenvalue weighted by Crippen LogP contribution is -2.10. The van der Waals surface area contributed by atoms with Gasteiger partial charge >= 0.3 is 0 Å². The third-order valence-electron chi connectivity index (χ3n) is 4.30. The van der Waals surface area contributed by atoms with Gasteiger partial charge in [-0.25, -0.2) is 4.68 Å². The van der Waals surface area contributed by atoms with Gasteiger partial charge in [-0.3, -0.25) is 9.59 Å². The van der Waals surface area contributed by atoms with Crippen molar-refractivity contribution in [1.82, 2.24) is 9.78 Å². The first-order valence-corrected chi connectivity index (χ1v) is 10.4. The number of aryl methyl sites for hydroxylation is 1. The van der Waals surface area contributed by atoms with Crippen LogP contribution in [0.15, 0.2) is 48.5 Å². The smallest absolute Gasteiger partial charge is 0.248 e. The molecule has 1 heterocycles. The van der Waals surface area contributed by atoms with Crippen molar-refractivity contribution < 1.29 is 9.59 Å². The first-order chi connectivity index (χ1) is 14.7. The third kappa shape index (κ3) is 6.10. The summed E-state index contributed by atoms with van der Waals surface area (Å²) in [5.41, 5.74) is 3.23. The van der Waals surface area contributed by atoms with Gasteiger partial charge in [-0.2, -0.15) is 5.10 Å². The number of carbonyl (C=O) groups is 2. The van der Waals surface area contributed by atoms with E-state index in [9.17, 15) is 9.59 Å². The summed E-state index contributed by atoms with van der Waals surface area (Å²) in [6.07, 6.45) is 2.95. The van der Waals surface area contributed by atoms with Crippen LogP contribution in [0.3, 0.4) is 0 Å². The normalized spacial score (nSPS) is 11.0. The van der Waals surface area contributed by atoms with Crippen molar-refractivity contribution in [3.63, 3.8) is 0 Å². The van der Waals surface area contributed by atoms with Gasteiger partial charge in [0.15, 0.2) is 0 Å². The number of rotatable bonds is 6. The standard InChI is InChI=1S/C22H19Cl3N4O2/c1-13-18(22(25)29(28-13)12-15-3-5-16(23)6-4-15)8-10-21(31)27-20-11-17(26-14(2)30)7-9-19(20)24/h3-11H,12H2,1-2H3,(H,26,30)(H,27,31). The molecule has 0 aliphatic heterocycles. The molecule has 160 valence electrons. The van der Waals surface area contributed by atoms with E-state index < -0.39 is 5.91 Å². The molecule has 2 N–H and O–H groups in total. The van der Waals surface area contributed by atoms with Crippen LogP contribution in [0, 0.1) is 6.92 Å². The molecule has 2 aromatic carbocycles. The number of amides is 2. The lowest BCUT2D eigenvalue weighted by molar-refractivity contribution is -0.114. The molecule has 0 bridgehead atoms. The second-order valence-corrected chi connectivity index (χ2v) is 7.97. The van der Waals surface area contributed by atoms with Gasteiger partial charge in [-0.15, -0.1) is 0 Å². The van der Waals surface area contributed by atoms with Crippen LogP contribution in [-0.4, -0.2) is 21.6 Å². The minimum absolute atomic E-state index is 0.222.